The van der Waals surface area contributed by atoms with Crippen molar-refractivity contribution in [3.8, 4) is 0 Å². The van der Waals surface area contributed by atoms with Crippen LogP contribution in [0.5, 0.6) is 0 Å². The second kappa shape index (κ2) is 8.57. The van der Waals surface area contributed by atoms with Gasteiger partial charge in [-0.05, 0) is 35.4 Å². The number of nitrogens with one attached hydrogen (secondary N) is 1. The molecule has 0 heterocycles. The first-order valence-electron chi connectivity index (χ1n) is 7.15. The lowest BCUT2D eigenvalue weighted by Crippen LogP contribution is -2.34. The van der Waals surface area contributed by atoms with Crippen molar-refractivity contribution in [3.63, 3.8) is 0 Å². The average Bonchev–Trinajstić information content (AvgIpc) is 2.53. The molecule has 2 aromatic rings. The molecule has 0 fully saturated rings. The molecule has 0 saturated carbocycles. The summed E-state index contributed by atoms with van der Waals surface area (Å²) in [6.45, 7) is 0.100. The maximum absolute atomic E-state index is 12.1. The monoisotopic (exact) mass is 366 g/mol. The number of carbonyl (C=O) groups excluding carboxylic acids is 2. The number of hydrogen-bond donors (Lipinski definition) is 2. The lowest BCUT2D eigenvalue weighted by Gasteiger charge is -2.17. The van der Waals surface area contributed by atoms with Crippen LogP contribution in [0.3, 0.4) is 0 Å². The summed E-state index contributed by atoms with van der Waals surface area (Å²) in [6, 6.07) is 12.5. The predicted molar refractivity (Wildman–Crippen MR) is 92.8 cm³/mol. The van der Waals surface area contributed by atoms with Gasteiger partial charge < -0.3 is 15.8 Å². The van der Waals surface area contributed by atoms with Crippen molar-refractivity contribution >= 4 is 35.2 Å². The normalized spacial score (nSPS) is 11.6. The molecule has 0 radical (unpaired) electrons. The molecule has 0 spiro atoms. The number of rotatable bonds is 6. The fraction of sp³-hybridized carbons (Fsp3) is 0.176. The van der Waals surface area contributed by atoms with E-state index in [0.717, 1.165) is 5.56 Å². The zero-order chi connectivity index (χ0) is 17.5. The molecule has 0 aromatic heterocycles. The summed E-state index contributed by atoms with van der Waals surface area (Å²) in [7, 11) is 0. The molecule has 24 heavy (non-hydrogen) atoms. The third-order valence-electron chi connectivity index (χ3n) is 3.25. The van der Waals surface area contributed by atoms with Crippen molar-refractivity contribution < 1.29 is 14.3 Å². The van der Waals surface area contributed by atoms with E-state index >= 15 is 0 Å². The molecule has 0 bridgehead atoms. The van der Waals surface area contributed by atoms with Gasteiger partial charge in [0.25, 0.3) is 0 Å². The molecule has 7 heteroatoms. The summed E-state index contributed by atoms with van der Waals surface area (Å²) < 4.78 is 5.22. The SMILES string of the molecule is NC(=O)N[C@@H](CC(=O)OCc1cccc(Cl)c1)c1ccc(Cl)cc1. The molecule has 0 aliphatic heterocycles. The van der Waals surface area contributed by atoms with E-state index in [2.05, 4.69) is 5.32 Å². The highest BCUT2D eigenvalue weighted by Crippen LogP contribution is 2.20. The average molecular weight is 367 g/mol. The van der Waals surface area contributed by atoms with Crippen LogP contribution in [0.2, 0.25) is 10.0 Å². The second-order valence-corrected chi connectivity index (χ2v) is 5.98. The summed E-state index contributed by atoms with van der Waals surface area (Å²) in [4.78, 5) is 23.2. The lowest BCUT2D eigenvalue weighted by molar-refractivity contribution is -0.145. The van der Waals surface area contributed by atoms with Crippen LogP contribution in [0.1, 0.15) is 23.6 Å². The molecule has 0 saturated heterocycles. The van der Waals surface area contributed by atoms with Crippen molar-refractivity contribution in [2.75, 3.05) is 0 Å². The largest absolute Gasteiger partial charge is 0.461 e. The maximum Gasteiger partial charge on any atom is 0.312 e. The van der Waals surface area contributed by atoms with Gasteiger partial charge in [0.2, 0.25) is 0 Å². The van der Waals surface area contributed by atoms with Crippen LogP contribution in [0.15, 0.2) is 48.5 Å². The number of halogens is 2. The van der Waals surface area contributed by atoms with Gasteiger partial charge in [-0.15, -0.1) is 0 Å². The molecule has 2 amide bonds. The molecule has 126 valence electrons. The van der Waals surface area contributed by atoms with Gasteiger partial charge in [-0.3, -0.25) is 4.79 Å². The molecule has 5 nitrogen and oxygen atoms in total. The van der Waals surface area contributed by atoms with Gasteiger partial charge in [0.1, 0.15) is 6.61 Å². The van der Waals surface area contributed by atoms with E-state index in [1.807, 2.05) is 0 Å². The van der Waals surface area contributed by atoms with Gasteiger partial charge in [-0.25, -0.2) is 4.79 Å². The van der Waals surface area contributed by atoms with Gasteiger partial charge >= 0.3 is 12.0 Å². The summed E-state index contributed by atoms with van der Waals surface area (Å²) in [5.41, 5.74) is 6.66. The number of carbonyl (C=O) groups is 2. The fourth-order valence-corrected chi connectivity index (χ4v) is 2.47. The molecule has 3 N–H and O–H groups in total. The quantitative estimate of drug-likeness (QED) is 0.762. The summed E-state index contributed by atoms with van der Waals surface area (Å²) in [5.74, 6) is -0.469. The highest BCUT2D eigenvalue weighted by atomic mass is 35.5. The Morgan fingerprint density at radius 1 is 1.08 bits per heavy atom. The highest BCUT2D eigenvalue weighted by Gasteiger charge is 2.18. The summed E-state index contributed by atoms with van der Waals surface area (Å²) >= 11 is 11.7. The van der Waals surface area contributed by atoms with Crippen LogP contribution in [-0.4, -0.2) is 12.0 Å². The molecular formula is C17H16Cl2N2O3. The van der Waals surface area contributed by atoms with E-state index in [1.165, 1.54) is 0 Å². The van der Waals surface area contributed by atoms with Crippen LogP contribution < -0.4 is 11.1 Å². The molecular weight excluding hydrogens is 351 g/mol. The Labute approximate surface area is 149 Å². The Bertz CT molecular complexity index is 720. The van der Waals surface area contributed by atoms with Gasteiger partial charge in [-0.2, -0.15) is 0 Å². The van der Waals surface area contributed by atoms with Crippen molar-refractivity contribution in [2.24, 2.45) is 5.73 Å². The van der Waals surface area contributed by atoms with E-state index in [0.29, 0.717) is 15.6 Å². The first-order valence-corrected chi connectivity index (χ1v) is 7.91. The van der Waals surface area contributed by atoms with Crippen LogP contribution in [0.4, 0.5) is 4.79 Å². The molecule has 2 aromatic carbocycles. The Kier molecular flexibility index (Phi) is 6.46. The van der Waals surface area contributed by atoms with Crippen molar-refractivity contribution in [3.05, 3.63) is 69.7 Å². The minimum atomic E-state index is -0.724. The van der Waals surface area contributed by atoms with Crippen molar-refractivity contribution in [1.82, 2.24) is 5.32 Å². The number of ether oxygens (including phenoxy) is 1. The Morgan fingerprint density at radius 3 is 2.42 bits per heavy atom. The summed E-state index contributed by atoms with van der Waals surface area (Å²) in [5, 5.41) is 3.65. The predicted octanol–water partition coefficient (Wildman–Crippen LogP) is 3.84. The number of benzene rings is 2. The number of amides is 2. The second-order valence-electron chi connectivity index (χ2n) is 5.11. The van der Waals surface area contributed by atoms with Crippen LogP contribution in [0.25, 0.3) is 0 Å². The van der Waals surface area contributed by atoms with Gasteiger partial charge in [0.05, 0.1) is 12.5 Å². The minimum Gasteiger partial charge on any atom is -0.461 e. The highest BCUT2D eigenvalue weighted by molar-refractivity contribution is 6.30. The number of hydrogen-bond acceptors (Lipinski definition) is 3. The van der Waals surface area contributed by atoms with Gasteiger partial charge in [0.15, 0.2) is 0 Å². The number of nitrogens with two attached hydrogens (primary N) is 1. The smallest absolute Gasteiger partial charge is 0.312 e. The first-order chi connectivity index (χ1) is 11.4. The van der Waals surface area contributed by atoms with Crippen LogP contribution >= 0.6 is 23.2 Å². The molecule has 2 rings (SSSR count). The lowest BCUT2D eigenvalue weighted by atomic mass is 10.0. The van der Waals surface area contributed by atoms with Gasteiger partial charge in [0, 0.05) is 10.0 Å². The minimum absolute atomic E-state index is 0.0505. The fourth-order valence-electron chi connectivity index (χ4n) is 2.14. The first kappa shape index (κ1) is 18.1. The Balaban J connectivity index is 1.99. The topological polar surface area (TPSA) is 81.4 Å². The molecule has 0 aliphatic rings. The maximum atomic E-state index is 12.1. The molecule has 0 aliphatic carbocycles. The van der Waals surface area contributed by atoms with Crippen LogP contribution in [0, 0.1) is 0 Å². The Morgan fingerprint density at radius 2 is 1.79 bits per heavy atom. The van der Waals surface area contributed by atoms with E-state index in [9.17, 15) is 9.59 Å². The van der Waals surface area contributed by atoms with E-state index in [-0.39, 0.29) is 13.0 Å². The number of primary amides is 1. The van der Waals surface area contributed by atoms with Crippen molar-refractivity contribution in [2.45, 2.75) is 19.1 Å². The Hall–Kier alpha value is -2.24. The number of esters is 1. The summed E-state index contributed by atoms with van der Waals surface area (Å²) in [6.07, 6.45) is -0.0505. The van der Waals surface area contributed by atoms with Crippen molar-refractivity contribution in [1.29, 1.82) is 0 Å². The standard InChI is InChI=1S/C17H16Cl2N2O3/c18-13-6-4-12(5-7-13)15(21-17(20)23)9-16(22)24-10-11-2-1-3-14(19)8-11/h1-8,15H,9-10H2,(H3,20,21,23)/t15-/m0/s1. The van der Waals surface area contributed by atoms with Gasteiger partial charge in [-0.1, -0.05) is 47.5 Å². The third kappa shape index (κ3) is 5.76. The molecule has 1 atom stereocenters. The van der Waals surface area contributed by atoms with Crippen LogP contribution in [-0.2, 0) is 16.1 Å². The number of urea groups is 1. The van der Waals surface area contributed by atoms with E-state index in [1.54, 1.807) is 48.5 Å². The third-order valence-corrected chi connectivity index (χ3v) is 3.74. The van der Waals surface area contributed by atoms with E-state index in [4.69, 9.17) is 33.7 Å². The zero-order valence-electron chi connectivity index (χ0n) is 12.7. The zero-order valence-corrected chi connectivity index (χ0v) is 14.2. The van der Waals surface area contributed by atoms with E-state index < -0.39 is 18.0 Å². The molecule has 0 unspecified atom stereocenters.